The summed E-state index contributed by atoms with van der Waals surface area (Å²) < 4.78 is 0. The largest absolute Gasteiger partial charge is 0.399 e. The van der Waals surface area contributed by atoms with Crippen LogP contribution in [0.15, 0.2) is 24.3 Å². The highest BCUT2D eigenvalue weighted by molar-refractivity contribution is 5.89. The summed E-state index contributed by atoms with van der Waals surface area (Å²) in [6.07, 6.45) is -0.540. The molecule has 1 atom stereocenters. The molecular weight excluding hydrogens is 206 g/mol. The summed E-state index contributed by atoms with van der Waals surface area (Å²) in [7, 11) is 1.62. The van der Waals surface area contributed by atoms with Crippen molar-refractivity contribution in [2.75, 3.05) is 24.6 Å². The van der Waals surface area contributed by atoms with Gasteiger partial charge in [0.15, 0.2) is 0 Å². The third-order valence-electron chi connectivity index (χ3n) is 2.05. The van der Waals surface area contributed by atoms with Crippen LogP contribution in [0, 0.1) is 0 Å². The minimum absolute atomic E-state index is 0.259. The van der Waals surface area contributed by atoms with Crippen molar-refractivity contribution in [2.45, 2.75) is 13.0 Å². The number of nitrogens with one attached hydrogen (secondary N) is 1. The quantitative estimate of drug-likeness (QED) is 0.672. The van der Waals surface area contributed by atoms with Crippen molar-refractivity contribution in [3.8, 4) is 0 Å². The minimum atomic E-state index is -0.540. The molecule has 2 amide bonds. The molecule has 1 aromatic carbocycles. The number of amides is 2. The van der Waals surface area contributed by atoms with Crippen LogP contribution in [0.5, 0.6) is 0 Å². The van der Waals surface area contributed by atoms with Crippen molar-refractivity contribution in [3.63, 3.8) is 0 Å². The predicted molar refractivity (Wildman–Crippen MR) is 64.2 cm³/mol. The number of urea groups is 1. The van der Waals surface area contributed by atoms with Crippen LogP contribution in [-0.2, 0) is 0 Å². The Labute approximate surface area is 94.9 Å². The zero-order valence-electron chi connectivity index (χ0n) is 9.47. The Kier molecular flexibility index (Phi) is 4.13. The number of nitrogens with two attached hydrogens (primary N) is 1. The van der Waals surface area contributed by atoms with Gasteiger partial charge in [0.1, 0.15) is 0 Å². The van der Waals surface area contributed by atoms with Gasteiger partial charge in [0.05, 0.1) is 6.10 Å². The number of benzene rings is 1. The van der Waals surface area contributed by atoms with Gasteiger partial charge in [-0.1, -0.05) is 0 Å². The smallest absolute Gasteiger partial charge is 0.321 e. The van der Waals surface area contributed by atoms with Crippen LogP contribution in [0.25, 0.3) is 0 Å². The number of aliphatic hydroxyl groups is 1. The maximum Gasteiger partial charge on any atom is 0.321 e. The molecule has 5 nitrogen and oxygen atoms in total. The highest BCUT2D eigenvalue weighted by Gasteiger charge is 2.10. The van der Waals surface area contributed by atoms with Crippen LogP contribution >= 0.6 is 0 Å². The van der Waals surface area contributed by atoms with E-state index in [0.29, 0.717) is 17.9 Å². The first-order chi connectivity index (χ1) is 7.49. The third-order valence-corrected chi connectivity index (χ3v) is 2.05. The van der Waals surface area contributed by atoms with E-state index in [0.717, 1.165) is 0 Å². The van der Waals surface area contributed by atoms with Crippen LogP contribution in [0.1, 0.15) is 6.92 Å². The Bertz CT molecular complexity index is 349. The number of carbonyl (C=O) groups excluding carboxylic acids is 1. The molecule has 0 aliphatic rings. The monoisotopic (exact) mass is 223 g/mol. The first-order valence-electron chi connectivity index (χ1n) is 5.05. The summed E-state index contributed by atoms with van der Waals surface area (Å²) in [5, 5.41) is 11.8. The maximum absolute atomic E-state index is 11.6. The average molecular weight is 223 g/mol. The van der Waals surface area contributed by atoms with Gasteiger partial charge in [0.2, 0.25) is 0 Å². The van der Waals surface area contributed by atoms with Crippen molar-refractivity contribution >= 4 is 17.4 Å². The van der Waals surface area contributed by atoms with Gasteiger partial charge in [-0.25, -0.2) is 4.79 Å². The zero-order chi connectivity index (χ0) is 12.1. The number of likely N-dealkylation sites (N-methyl/N-ethyl adjacent to an activating group) is 1. The Hall–Kier alpha value is -1.75. The number of carbonyl (C=O) groups is 1. The van der Waals surface area contributed by atoms with Gasteiger partial charge in [0, 0.05) is 25.0 Å². The number of nitrogens with zero attached hydrogens (tertiary/aromatic N) is 1. The molecule has 16 heavy (non-hydrogen) atoms. The van der Waals surface area contributed by atoms with E-state index in [-0.39, 0.29) is 6.03 Å². The van der Waals surface area contributed by atoms with Crippen LogP contribution < -0.4 is 11.1 Å². The maximum atomic E-state index is 11.6. The van der Waals surface area contributed by atoms with Gasteiger partial charge < -0.3 is 21.1 Å². The van der Waals surface area contributed by atoms with E-state index in [9.17, 15) is 4.79 Å². The van der Waals surface area contributed by atoms with Crippen molar-refractivity contribution in [2.24, 2.45) is 0 Å². The molecule has 0 aliphatic carbocycles. The van der Waals surface area contributed by atoms with E-state index in [1.807, 2.05) is 0 Å². The molecule has 0 spiro atoms. The molecule has 0 heterocycles. The molecule has 5 heteroatoms. The van der Waals surface area contributed by atoms with Crippen molar-refractivity contribution in [1.29, 1.82) is 0 Å². The minimum Gasteiger partial charge on any atom is -0.399 e. The van der Waals surface area contributed by atoms with E-state index in [2.05, 4.69) is 5.32 Å². The predicted octanol–water partition coefficient (Wildman–Crippen LogP) is 1.11. The summed E-state index contributed by atoms with van der Waals surface area (Å²) in [5.74, 6) is 0. The number of aliphatic hydroxyl groups excluding tert-OH is 1. The summed E-state index contributed by atoms with van der Waals surface area (Å²) in [6.45, 7) is 1.92. The summed E-state index contributed by atoms with van der Waals surface area (Å²) in [6, 6.07) is 6.62. The molecular formula is C11H17N3O2. The summed E-state index contributed by atoms with van der Waals surface area (Å²) >= 11 is 0. The van der Waals surface area contributed by atoms with Crippen molar-refractivity contribution in [1.82, 2.24) is 4.90 Å². The van der Waals surface area contributed by atoms with Crippen LogP contribution in [0.3, 0.4) is 0 Å². The molecule has 0 radical (unpaired) electrons. The number of hydrogen-bond donors (Lipinski definition) is 3. The second-order valence-electron chi connectivity index (χ2n) is 3.78. The zero-order valence-corrected chi connectivity index (χ0v) is 9.47. The fourth-order valence-electron chi connectivity index (χ4n) is 1.26. The van der Waals surface area contributed by atoms with Crippen LogP contribution in [0.2, 0.25) is 0 Å². The molecule has 0 saturated carbocycles. The lowest BCUT2D eigenvalue weighted by molar-refractivity contribution is 0.149. The van der Waals surface area contributed by atoms with Gasteiger partial charge >= 0.3 is 6.03 Å². The third kappa shape index (κ3) is 3.78. The summed E-state index contributed by atoms with van der Waals surface area (Å²) in [4.78, 5) is 13.0. The molecule has 4 N–H and O–H groups in total. The normalized spacial score (nSPS) is 11.9. The Morgan fingerprint density at radius 1 is 1.50 bits per heavy atom. The molecule has 1 rings (SSSR count). The number of anilines is 2. The van der Waals surface area contributed by atoms with Gasteiger partial charge in [-0.2, -0.15) is 0 Å². The Morgan fingerprint density at radius 3 is 2.56 bits per heavy atom. The summed E-state index contributed by atoms with van der Waals surface area (Å²) in [5.41, 5.74) is 6.85. The van der Waals surface area contributed by atoms with Gasteiger partial charge in [-0.15, -0.1) is 0 Å². The van der Waals surface area contributed by atoms with E-state index >= 15 is 0 Å². The lowest BCUT2D eigenvalue weighted by Gasteiger charge is -2.19. The van der Waals surface area contributed by atoms with E-state index in [1.165, 1.54) is 4.90 Å². The molecule has 88 valence electrons. The van der Waals surface area contributed by atoms with Gasteiger partial charge in [0.25, 0.3) is 0 Å². The number of hydrogen-bond acceptors (Lipinski definition) is 3. The average Bonchev–Trinajstić information content (AvgIpc) is 2.20. The Balaban J connectivity index is 2.54. The number of rotatable bonds is 3. The second-order valence-corrected chi connectivity index (χ2v) is 3.78. The molecule has 1 aromatic rings. The SMILES string of the molecule is CC(O)CN(C)C(=O)Nc1ccc(N)cc1. The molecule has 0 bridgehead atoms. The van der Waals surface area contributed by atoms with E-state index in [1.54, 1.807) is 38.2 Å². The lowest BCUT2D eigenvalue weighted by Crippen LogP contribution is -2.36. The molecule has 0 saturated heterocycles. The highest BCUT2D eigenvalue weighted by atomic mass is 16.3. The van der Waals surface area contributed by atoms with Crippen LogP contribution in [-0.4, -0.2) is 35.7 Å². The fraction of sp³-hybridized carbons (Fsp3) is 0.364. The Morgan fingerprint density at radius 2 is 2.06 bits per heavy atom. The lowest BCUT2D eigenvalue weighted by atomic mass is 10.3. The second kappa shape index (κ2) is 5.37. The number of nitrogen functional groups attached to an aromatic ring is 1. The first kappa shape index (κ1) is 12.3. The highest BCUT2D eigenvalue weighted by Crippen LogP contribution is 2.10. The van der Waals surface area contributed by atoms with Gasteiger partial charge in [-0.05, 0) is 31.2 Å². The van der Waals surface area contributed by atoms with E-state index < -0.39 is 6.10 Å². The fourth-order valence-corrected chi connectivity index (χ4v) is 1.26. The van der Waals surface area contributed by atoms with Crippen molar-refractivity contribution < 1.29 is 9.90 Å². The molecule has 0 aliphatic heterocycles. The molecule has 0 aromatic heterocycles. The van der Waals surface area contributed by atoms with Crippen LogP contribution in [0.4, 0.5) is 16.2 Å². The molecule has 0 fully saturated rings. The van der Waals surface area contributed by atoms with Crippen molar-refractivity contribution in [3.05, 3.63) is 24.3 Å². The van der Waals surface area contributed by atoms with E-state index in [4.69, 9.17) is 10.8 Å². The van der Waals surface area contributed by atoms with Gasteiger partial charge in [-0.3, -0.25) is 0 Å². The molecule has 1 unspecified atom stereocenters. The topological polar surface area (TPSA) is 78.6 Å². The standard InChI is InChI=1S/C11H17N3O2/c1-8(15)7-14(2)11(16)13-10-5-3-9(12)4-6-10/h3-6,8,15H,7,12H2,1-2H3,(H,13,16). The first-order valence-corrected chi connectivity index (χ1v) is 5.05.